The number of ether oxygens (including phenoxy) is 1. The van der Waals surface area contributed by atoms with Gasteiger partial charge in [-0.2, -0.15) is 4.37 Å². The smallest absolute Gasteiger partial charge is 0.160 e. The lowest BCUT2D eigenvalue weighted by Gasteiger charge is -1.98. The van der Waals surface area contributed by atoms with Crippen molar-refractivity contribution in [3.63, 3.8) is 0 Å². The molecule has 12 heavy (non-hydrogen) atoms. The molecule has 2 aromatic heterocycles. The second kappa shape index (κ2) is 3.69. The maximum atomic E-state index is 5.39. The van der Waals surface area contributed by atoms with Gasteiger partial charge in [0.05, 0.1) is 5.38 Å². The highest BCUT2D eigenvalue weighted by atomic mass is 32.1. The third-order valence-electron chi connectivity index (χ3n) is 1.32. The van der Waals surface area contributed by atoms with E-state index in [2.05, 4.69) is 10.6 Å². The van der Waals surface area contributed by atoms with Crippen LogP contribution in [0.2, 0.25) is 0 Å². The van der Waals surface area contributed by atoms with Gasteiger partial charge in [-0.1, -0.05) is 6.07 Å². The fourth-order valence-corrected chi connectivity index (χ4v) is 1.81. The predicted molar refractivity (Wildman–Crippen MR) is 49.6 cm³/mol. The van der Waals surface area contributed by atoms with Crippen molar-refractivity contribution in [2.24, 2.45) is 0 Å². The van der Waals surface area contributed by atoms with E-state index in [1.54, 1.807) is 11.3 Å². The average Bonchev–Trinajstić information content (AvgIpc) is 2.74. The molecule has 0 aliphatic heterocycles. The highest BCUT2D eigenvalue weighted by molar-refractivity contribution is 7.09. The first kappa shape index (κ1) is 7.76. The molecule has 0 saturated carbocycles. The number of rotatable bonds is 3. The molecule has 2 aromatic rings. The lowest BCUT2D eigenvalue weighted by atomic mass is 10.5. The molecule has 0 amide bonds. The van der Waals surface area contributed by atoms with Crippen LogP contribution in [0.1, 0.15) is 4.88 Å². The molecule has 0 aliphatic carbocycles. The Morgan fingerprint density at radius 1 is 1.58 bits per heavy atom. The van der Waals surface area contributed by atoms with E-state index < -0.39 is 0 Å². The van der Waals surface area contributed by atoms with Gasteiger partial charge in [-0.25, -0.2) is 0 Å². The molecular weight excluding hydrogens is 190 g/mol. The van der Waals surface area contributed by atoms with Crippen molar-refractivity contribution in [1.29, 1.82) is 0 Å². The van der Waals surface area contributed by atoms with Gasteiger partial charge in [-0.15, -0.1) is 11.3 Å². The fourth-order valence-electron chi connectivity index (χ4n) is 0.782. The minimum absolute atomic E-state index is 0.618. The molecule has 0 N–H and O–H groups in total. The number of nitrogens with zero attached hydrogens (tertiary/aromatic N) is 1. The van der Waals surface area contributed by atoms with Gasteiger partial charge in [0.25, 0.3) is 0 Å². The summed E-state index contributed by atoms with van der Waals surface area (Å²) in [5.74, 6) is 0.730. The molecule has 0 unspecified atom stereocenters. The lowest BCUT2D eigenvalue weighted by Crippen LogP contribution is -1.90. The van der Waals surface area contributed by atoms with Gasteiger partial charge in [-0.05, 0) is 23.0 Å². The minimum Gasteiger partial charge on any atom is -0.485 e. The summed E-state index contributed by atoms with van der Waals surface area (Å²) in [4.78, 5) is 1.22. The first-order valence-electron chi connectivity index (χ1n) is 3.42. The molecule has 61 valence electrons. The van der Waals surface area contributed by atoms with E-state index in [1.807, 2.05) is 22.9 Å². The molecule has 0 saturated heterocycles. The molecule has 0 spiro atoms. The van der Waals surface area contributed by atoms with Gasteiger partial charge in [-0.3, -0.25) is 0 Å². The molecule has 4 heteroatoms. The largest absolute Gasteiger partial charge is 0.485 e. The first-order chi connectivity index (χ1) is 5.95. The Kier molecular flexibility index (Phi) is 2.39. The Bertz CT molecular complexity index is 280. The Hall–Kier alpha value is -0.870. The second-order valence-corrected chi connectivity index (χ2v) is 3.82. The molecule has 0 aliphatic rings. The van der Waals surface area contributed by atoms with E-state index in [1.165, 1.54) is 16.4 Å². The highest BCUT2D eigenvalue weighted by Gasteiger charge is 1.96. The van der Waals surface area contributed by atoms with Crippen LogP contribution in [-0.2, 0) is 6.61 Å². The van der Waals surface area contributed by atoms with Crippen LogP contribution in [0, 0.1) is 6.20 Å². The quantitative estimate of drug-likeness (QED) is 0.752. The number of hydrogen-bond acceptors (Lipinski definition) is 4. The van der Waals surface area contributed by atoms with E-state index in [0.29, 0.717) is 6.61 Å². The van der Waals surface area contributed by atoms with Crippen LogP contribution in [0.15, 0.2) is 22.9 Å². The van der Waals surface area contributed by atoms with E-state index >= 15 is 0 Å². The molecule has 0 fully saturated rings. The van der Waals surface area contributed by atoms with Crippen LogP contribution in [0.5, 0.6) is 5.75 Å². The summed E-state index contributed by atoms with van der Waals surface area (Å²) < 4.78 is 9.21. The van der Waals surface area contributed by atoms with Crippen LogP contribution in [0.3, 0.4) is 0 Å². The Balaban J connectivity index is 1.91. The fraction of sp³-hybridized carbons (Fsp3) is 0.125. The van der Waals surface area contributed by atoms with Crippen LogP contribution < -0.4 is 4.74 Å². The maximum Gasteiger partial charge on any atom is 0.160 e. The summed E-state index contributed by atoms with van der Waals surface area (Å²) in [6.45, 7) is 0.618. The van der Waals surface area contributed by atoms with Crippen LogP contribution in [0.4, 0.5) is 0 Å². The zero-order valence-electron chi connectivity index (χ0n) is 6.19. The summed E-state index contributed by atoms with van der Waals surface area (Å²) in [5, 5.41) is 3.88. The normalized spacial score (nSPS) is 10.0. The van der Waals surface area contributed by atoms with Crippen LogP contribution in [0.25, 0.3) is 0 Å². The first-order valence-corrected chi connectivity index (χ1v) is 5.14. The molecule has 1 radical (unpaired) electrons. The van der Waals surface area contributed by atoms with Gasteiger partial charge in [0, 0.05) is 4.88 Å². The van der Waals surface area contributed by atoms with Gasteiger partial charge >= 0.3 is 0 Å². The minimum atomic E-state index is 0.618. The van der Waals surface area contributed by atoms with Gasteiger partial charge in [0.1, 0.15) is 12.8 Å². The zero-order valence-corrected chi connectivity index (χ0v) is 7.82. The molecular formula is C8H6NOS2. The Morgan fingerprint density at radius 3 is 3.25 bits per heavy atom. The lowest BCUT2D eigenvalue weighted by molar-refractivity contribution is 0.310. The van der Waals surface area contributed by atoms with Crippen LogP contribution >= 0.6 is 22.9 Å². The molecule has 2 heterocycles. The SMILES string of the molecule is [c]1nscc1OCc1cccs1. The number of hydrogen-bond donors (Lipinski definition) is 0. The van der Waals surface area contributed by atoms with Gasteiger partial charge < -0.3 is 4.74 Å². The topological polar surface area (TPSA) is 22.1 Å². The van der Waals surface area contributed by atoms with E-state index in [-0.39, 0.29) is 0 Å². The zero-order chi connectivity index (χ0) is 8.23. The van der Waals surface area contributed by atoms with Crippen molar-refractivity contribution < 1.29 is 4.74 Å². The van der Waals surface area contributed by atoms with Gasteiger partial charge in [0.15, 0.2) is 5.75 Å². The van der Waals surface area contributed by atoms with E-state index in [0.717, 1.165) is 5.75 Å². The van der Waals surface area contributed by atoms with Crippen molar-refractivity contribution in [2.75, 3.05) is 0 Å². The Morgan fingerprint density at radius 2 is 2.58 bits per heavy atom. The summed E-state index contributed by atoms with van der Waals surface area (Å²) in [5.41, 5.74) is 0. The summed E-state index contributed by atoms with van der Waals surface area (Å²) in [7, 11) is 0. The summed E-state index contributed by atoms with van der Waals surface area (Å²) in [6, 6.07) is 4.06. The second-order valence-electron chi connectivity index (χ2n) is 2.16. The van der Waals surface area contributed by atoms with Crippen LogP contribution in [-0.4, -0.2) is 4.37 Å². The molecule has 2 nitrogen and oxygen atoms in total. The van der Waals surface area contributed by atoms with E-state index in [4.69, 9.17) is 4.74 Å². The third kappa shape index (κ3) is 1.84. The number of aromatic nitrogens is 1. The van der Waals surface area contributed by atoms with Crippen molar-refractivity contribution in [3.05, 3.63) is 34.0 Å². The maximum absolute atomic E-state index is 5.39. The average molecular weight is 196 g/mol. The number of thiophene rings is 1. The summed E-state index contributed by atoms with van der Waals surface area (Å²) >= 11 is 3.04. The summed E-state index contributed by atoms with van der Waals surface area (Å²) in [6.07, 6.45) is 2.75. The molecule has 2 rings (SSSR count). The monoisotopic (exact) mass is 196 g/mol. The van der Waals surface area contributed by atoms with Crippen molar-refractivity contribution in [3.8, 4) is 5.75 Å². The van der Waals surface area contributed by atoms with Crippen molar-refractivity contribution in [1.82, 2.24) is 4.37 Å². The van der Waals surface area contributed by atoms with E-state index in [9.17, 15) is 0 Å². The standard InChI is InChI=1S/C8H6NOS2/c1-2-8(11-3-1)5-10-7-4-9-12-6-7/h1-3,6H,5H2. The predicted octanol–water partition coefficient (Wildman–Crippen LogP) is 2.58. The van der Waals surface area contributed by atoms with Crippen molar-refractivity contribution >= 4 is 22.9 Å². The molecule has 0 atom stereocenters. The highest BCUT2D eigenvalue weighted by Crippen LogP contribution is 2.15. The molecule has 0 aromatic carbocycles. The third-order valence-corrected chi connectivity index (χ3v) is 2.68. The van der Waals surface area contributed by atoms with Gasteiger partial charge in [0.2, 0.25) is 0 Å². The van der Waals surface area contributed by atoms with Crippen molar-refractivity contribution in [2.45, 2.75) is 6.61 Å². The molecule has 0 bridgehead atoms. The Labute approximate surface area is 78.6 Å².